The Bertz CT molecular complexity index is 503. The standard InChI is InChI=1S/C15H20F2N2O2/c1-10-2-3-12(16)15(14(10)17)19-13(20)6-9-21-11-4-7-18-8-5-11/h2-3,11,18H,4-9H2,1H3,(H,19,20). The van der Waals surface area contributed by atoms with E-state index in [0.29, 0.717) is 0 Å². The fourth-order valence-corrected chi connectivity index (χ4v) is 2.25. The van der Waals surface area contributed by atoms with E-state index < -0.39 is 17.5 Å². The molecule has 0 atom stereocenters. The van der Waals surface area contributed by atoms with Crippen molar-refractivity contribution < 1.29 is 18.3 Å². The molecule has 0 spiro atoms. The molecular formula is C15H20F2N2O2. The number of amides is 1. The first-order valence-electron chi connectivity index (χ1n) is 7.14. The second-order valence-electron chi connectivity index (χ2n) is 5.17. The average Bonchev–Trinajstić information content (AvgIpc) is 2.49. The number of benzene rings is 1. The minimum atomic E-state index is -0.772. The molecule has 0 radical (unpaired) electrons. The van der Waals surface area contributed by atoms with Gasteiger partial charge >= 0.3 is 0 Å². The van der Waals surface area contributed by atoms with E-state index >= 15 is 0 Å². The van der Waals surface area contributed by atoms with E-state index in [1.807, 2.05) is 0 Å². The molecule has 4 nitrogen and oxygen atoms in total. The molecule has 1 aromatic carbocycles. The Balaban J connectivity index is 1.80. The number of anilines is 1. The van der Waals surface area contributed by atoms with Gasteiger partial charge in [-0.15, -0.1) is 0 Å². The van der Waals surface area contributed by atoms with E-state index in [-0.39, 0.29) is 30.4 Å². The van der Waals surface area contributed by atoms with Gasteiger partial charge in [0.05, 0.1) is 19.1 Å². The van der Waals surface area contributed by atoms with Crippen molar-refractivity contribution in [1.29, 1.82) is 0 Å². The number of nitrogens with one attached hydrogen (secondary N) is 2. The predicted octanol–water partition coefficient (Wildman–Crippen LogP) is 2.37. The highest BCUT2D eigenvalue weighted by molar-refractivity contribution is 5.91. The van der Waals surface area contributed by atoms with Gasteiger partial charge in [0.2, 0.25) is 5.91 Å². The van der Waals surface area contributed by atoms with Crippen LogP contribution in [0.3, 0.4) is 0 Å². The summed E-state index contributed by atoms with van der Waals surface area (Å²) in [5.41, 5.74) is -0.0977. The number of hydrogen-bond acceptors (Lipinski definition) is 3. The number of hydrogen-bond donors (Lipinski definition) is 2. The number of carbonyl (C=O) groups excluding carboxylic acids is 1. The number of piperidine rings is 1. The Morgan fingerprint density at radius 1 is 1.38 bits per heavy atom. The summed E-state index contributed by atoms with van der Waals surface area (Å²) in [6.07, 6.45) is 2.08. The fourth-order valence-electron chi connectivity index (χ4n) is 2.25. The average molecular weight is 298 g/mol. The van der Waals surface area contributed by atoms with Gasteiger partial charge in [0.15, 0.2) is 5.82 Å². The predicted molar refractivity (Wildman–Crippen MR) is 76.2 cm³/mol. The second-order valence-corrected chi connectivity index (χ2v) is 5.17. The van der Waals surface area contributed by atoms with Crippen molar-refractivity contribution >= 4 is 11.6 Å². The molecule has 1 aliphatic rings. The summed E-state index contributed by atoms with van der Waals surface area (Å²) < 4.78 is 32.8. The molecule has 1 aromatic rings. The first kappa shape index (κ1) is 15.9. The molecule has 0 aliphatic carbocycles. The smallest absolute Gasteiger partial charge is 0.226 e. The van der Waals surface area contributed by atoms with E-state index in [9.17, 15) is 13.6 Å². The lowest BCUT2D eigenvalue weighted by Crippen LogP contribution is -2.33. The molecule has 21 heavy (non-hydrogen) atoms. The summed E-state index contributed by atoms with van der Waals surface area (Å²) in [6, 6.07) is 2.47. The summed E-state index contributed by atoms with van der Waals surface area (Å²) in [5, 5.41) is 5.50. The Labute approximate surface area is 122 Å². The van der Waals surface area contributed by atoms with E-state index in [0.717, 1.165) is 32.0 Å². The maximum absolute atomic E-state index is 13.7. The summed E-state index contributed by atoms with van der Waals surface area (Å²) in [7, 11) is 0. The van der Waals surface area contributed by atoms with Crippen LogP contribution in [0.2, 0.25) is 0 Å². The van der Waals surface area contributed by atoms with E-state index in [4.69, 9.17) is 4.74 Å². The lowest BCUT2D eigenvalue weighted by molar-refractivity contribution is -0.117. The van der Waals surface area contributed by atoms with Crippen LogP contribution in [0.1, 0.15) is 24.8 Å². The van der Waals surface area contributed by atoms with Gasteiger partial charge in [0, 0.05) is 0 Å². The largest absolute Gasteiger partial charge is 0.378 e. The van der Waals surface area contributed by atoms with Crippen molar-refractivity contribution in [3.63, 3.8) is 0 Å². The molecule has 1 fully saturated rings. The quantitative estimate of drug-likeness (QED) is 0.877. The Hall–Kier alpha value is -1.53. The number of rotatable bonds is 5. The third-order valence-corrected chi connectivity index (χ3v) is 3.52. The zero-order chi connectivity index (χ0) is 15.2. The van der Waals surface area contributed by atoms with Gasteiger partial charge in [-0.2, -0.15) is 0 Å². The third kappa shape index (κ3) is 4.47. The molecule has 6 heteroatoms. The van der Waals surface area contributed by atoms with Crippen LogP contribution < -0.4 is 10.6 Å². The lowest BCUT2D eigenvalue weighted by atomic mass is 10.1. The van der Waals surface area contributed by atoms with Gasteiger partial charge in [0.1, 0.15) is 11.5 Å². The summed E-state index contributed by atoms with van der Waals surface area (Å²) in [6.45, 7) is 3.60. The topological polar surface area (TPSA) is 50.4 Å². The van der Waals surface area contributed by atoms with Crippen LogP contribution >= 0.6 is 0 Å². The van der Waals surface area contributed by atoms with Crippen LogP contribution in [0, 0.1) is 18.6 Å². The molecule has 1 heterocycles. The van der Waals surface area contributed by atoms with Gasteiger partial charge < -0.3 is 15.4 Å². The zero-order valence-corrected chi connectivity index (χ0v) is 12.0. The van der Waals surface area contributed by atoms with Gasteiger partial charge in [0.25, 0.3) is 0 Å². The molecule has 1 amide bonds. The second kappa shape index (κ2) is 7.47. The first-order valence-corrected chi connectivity index (χ1v) is 7.14. The summed E-state index contributed by atoms with van der Waals surface area (Å²) in [4.78, 5) is 11.7. The summed E-state index contributed by atoms with van der Waals surface area (Å²) in [5.74, 6) is -1.96. The van der Waals surface area contributed by atoms with Crippen LogP contribution in [-0.2, 0) is 9.53 Å². The Kier molecular flexibility index (Phi) is 5.64. The number of halogens is 2. The molecule has 2 rings (SSSR count). The van der Waals surface area contributed by atoms with Crippen molar-refractivity contribution in [2.24, 2.45) is 0 Å². The lowest BCUT2D eigenvalue weighted by Gasteiger charge is -2.22. The minimum Gasteiger partial charge on any atom is -0.378 e. The Morgan fingerprint density at radius 2 is 2.10 bits per heavy atom. The van der Waals surface area contributed by atoms with Crippen LogP contribution in [0.5, 0.6) is 0 Å². The molecule has 2 N–H and O–H groups in total. The molecule has 1 saturated heterocycles. The van der Waals surface area contributed by atoms with Crippen molar-refractivity contribution in [3.05, 3.63) is 29.3 Å². The van der Waals surface area contributed by atoms with Gasteiger partial charge in [-0.05, 0) is 44.5 Å². The van der Waals surface area contributed by atoms with Crippen molar-refractivity contribution in [2.75, 3.05) is 25.0 Å². The molecule has 116 valence electrons. The van der Waals surface area contributed by atoms with Gasteiger partial charge in [-0.25, -0.2) is 8.78 Å². The molecular weight excluding hydrogens is 278 g/mol. The Morgan fingerprint density at radius 3 is 2.81 bits per heavy atom. The third-order valence-electron chi connectivity index (χ3n) is 3.52. The van der Waals surface area contributed by atoms with E-state index in [2.05, 4.69) is 10.6 Å². The molecule has 0 saturated carbocycles. The van der Waals surface area contributed by atoms with Crippen LogP contribution in [-0.4, -0.2) is 31.7 Å². The minimum absolute atomic E-state index is 0.0801. The molecule has 0 aromatic heterocycles. The van der Waals surface area contributed by atoms with E-state index in [1.165, 1.54) is 13.0 Å². The highest BCUT2D eigenvalue weighted by Gasteiger charge is 2.16. The fraction of sp³-hybridized carbons (Fsp3) is 0.533. The van der Waals surface area contributed by atoms with Gasteiger partial charge in [-0.3, -0.25) is 4.79 Å². The number of aryl methyl sites for hydroxylation is 1. The van der Waals surface area contributed by atoms with Crippen LogP contribution in [0.25, 0.3) is 0 Å². The molecule has 0 bridgehead atoms. The maximum Gasteiger partial charge on any atom is 0.226 e. The van der Waals surface area contributed by atoms with Crippen LogP contribution in [0.4, 0.5) is 14.5 Å². The van der Waals surface area contributed by atoms with Crippen molar-refractivity contribution in [2.45, 2.75) is 32.3 Å². The van der Waals surface area contributed by atoms with Gasteiger partial charge in [-0.1, -0.05) is 6.07 Å². The summed E-state index contributed by atoms with van der Waals surface area (Å²) >= 11 is 0. The van der Waals surface area contributed by atoms with Crippen molar-refractivity contribution in [3.8, 4) is 0 Å². The highest BCUT2D eigenvalue weighted by Crippen LogP contribution is 2.21. The monoisotopic (exact) mass is 298 g/mol. The molecule has 1 aliphatic heterocycles. The SMILES string of the molecule is Cc1ccc(F)c(NC(=O)CCOC2CCNCC2)c1F. The molecule has 0 unspecified atom stereocenters. The van der Waals surface area contributed by atoms with Crippen molar-refractivity contribution in [1.82, 2.24) is 5.32 Å². The first-order chi connectivity index (χ1) is 10.1. The van der Waals surface area contributed by atoms with E-state index in [1.54, 1.807) is 0 Å². The maximum atomic E-state index is 13.7. The number of ether oxygens (including phenoxy) is 1. The normalized spacial score (nSPS) is 16.0. The highest BCUT2D eigenvalue weighted by atomic mass is 19.1. The number of carbonyl (C=O) groups is 1. The van der Waals surface area contributed by atoms with Crippen LogP contribution in [0.15, 0.2) is 12.1 Å². The zero-order valence-electron chi connectivity index (χ0n) is 12.0.